The number of esters is 1. The Morgan fingerprint density at radius 2 is 1.79 bits per heavy atom. The molecule has 24 heavy (non-hydrogen) atoms. The molecule has 0 atom stereocenters. The molecule has 0 aliphatic heterocycles. The predicted molar refractivity (Wildman–Crippen MR) is 94.2 cm³/mol. The third-order valence-electron chi connectivity index (χ3n) is 3.36. The number of ether oxygens (including phenoxy) is 1. The van der Waals surface area contributed by atoms with Crippen LogP contribution in [0, 0.1) is 6.92 Å². The molecule has 2 rings (SSSR count). The number of methoxy groups -OCH3 is 1. The van der Waals surface area contributed by atoms with E-state index in [-0.39, 0.29) is 14.9 Å². The zero-order valence-electron chi connectivity index (χ0n) is 13.0. The Labute approximate surface area is 150 Å². The first-order valence-corrected chi connectivity index (χ1v) is 9.07. The Kier molecular flexibility index (Phi) is 5.74. The fraction of sp³-hybridized carbons (Fsp3) is 0.188. The lowest BCUT2D eigenvalue weighted by Crippen LogP contribution is -2.36. The minimum Gasteiger partial charge on any atom is -0.468 e. The van der Waals surface area contributed by atoms with Crippen LogP contribution in [0.3, 0.4) is 0 Å². The molecule has 0 saturated carbocycles. The van der Waals surface area contributed by atoms with Crippen LogP contribution in [0.1, 0.15) is 5.56 Å². The highest BCUT2D eigenvalue weighted by atomic mass is 35.5. The van der Waals surface area contributed by atoms with E-state index in [4.69, 9.17) is 23.2 Å². The normalized spacial score (nSPS) is 11.2. The van der Waals surface area contributed by atoms with Gasteiger partial charge in [0, 0.05) is 0 Å². The van der Waals surface area contributed by atoms with Crippen molar-refractivity contribution in [3.8, 4) is 0 Å². The zero-order chi connectivity index (χ0) is 17.9. The van der Waals surface area contributed by atoms with Crippen LogP contribution in [-0.2, 0) is 19.6 Å². The molecular formula is C16H15Cl2NO4S. The van der Waals surface area contributed by atoms with Gasteiger partial charge >= 0.3 is 5.97 Å². The molecule has 128 valence electrons. The van der Waals surface area contributed by atoms with Crippen LogP contribution in [0.25, 0.3) is 0 Å². The van der Waals surface area contributed by atoms with Crippen LogP contribution in [0.4, 0.5) is 5.69 Å². The number of carbonyl (C=O) groups is 1. The van der Waals surface area contributed by atoms with Crippen LogP contribution in [-0.4, -0.2) is 28.0 Å². The van der Waals surface area contributed by atoms with E-state index in [9.17, 15) is 13.2 Å². The van der Waals surface area contributed by atoms with Crippen molar-refractivity contribution in [1.29, 1.82) is 0 Å². The molecule has 0 heterocycles. The average Bonchev–Trinajstić information content (AvgIpc) is 2.55. The summed E-state index contributed by atoms with van der Waals surface area (Å²) in [5.74, 6) is -0.679. The first kappa shape index (κ1) is 18.6. The summed E-state index contributed by atoms with van der Waals surface area (Å²) in [5, 5.41) is 0.353. The molecule has 0 aliphatic carbocycles. The largest absolute Gasteiger partial charge is 0.468 e. The van der Waals surface area contributed by atoms with Crippen LogP contribution in [0.5, 0.6) is 0 Å². The monoisotopic (exact) mass is 387 g/mol. The van der Waals surface area contributed by atoms with E-state index >= 15 is 0 Å². The molecule has 0 saturated heterocycles. The van der Waals surface area contributed by atoms with E-state index in [1.165, 1.54) is 25.3 Å². The van der Waals surface area contributed by atoms with Gasteiger partial charge in [-0.25, -0.2) is 8.42 Å². The molecule has 0 N–H and O–H groups in total. The molecule has 5 nitrogen and oxygen atoms in total. The minimum atomic E-state index is -4.03. The molecule has 0 aromatic heterocycles. The maximum atomic E-state index is 13.0. The Morgan fingerprint density at radius 3 is 2.38 bits per heavy atom. The van der Waals surface area contributed by atoms with Crippen molar-refractivity contribution >= 4 is 44.9 Å². The summed E-state index contributed by atoms with van der Waals surface area (Å²) in [4.78, 5) is 11.7. The molecule has 2 aromatic rings. The summed E-state index contributed by atoms with van der Waals surface area (Å²) < 4.78 is 31.7. The molecule has 0 amide bonds. The fourth-order valence-corrected chi connectivity index (χ4v) is 3.95. The van der Waals surface area contributed by atoms with Crippen molar-refractivity contribution in [2.45, 2.75) is 11.8 Å². The van der Waals surface area contributed by atoms with E-state index in [0.717, 1.165) is 4.31 Å². The second-order valence-electron chi connectivity index (χ2n) is 4.95. The number of hydrogen-bond donors (Lipinski definition) is 0. The molecule has 0 bridgehead atoms. The molecule has 0 radical (unpaired) electrons. The summed E-state index contributed by atoms with van der Waals surface area (Å²) in [6.07, 6.45) is 0. The Morgan fingerprint density at radius 1 is 1.12 bits per heavy atom. The number of sulfonamides is 1. The highest BCUT2D eigenvalue weighted by molar-refractivity contribution is 7.92. The SMILES string of the molecule is COC(=O)CN(c1ccccc1C)S(=O)(=O)c1ccc(Cl)c(Cl)c1. The van der Waals surface area contributed by atoms with Gasteiger partial charge in [-0.2, -0.15) is 0 Å². The van der Waals surface area contributed by atoms with Crippen LogP contribution in [0.15, 0.2) is 47.4 Å². The van der Waals surface area contributed by atoms with Gasteiger partial charge in [0.05, 0.1) is 27.7 Å². The number of carbonyl (C=O) groups excluding carboxylic acids is 1. The van der Waals surface area contributed by atoms with Crippen molar-refractivity contribution in [2.75, 3.05) is 18.0 Å². The number of benzene rings is 2. The van der Waals surface area contributed by atoms with E-state index in [0.29, 0.717) is 11.3 Å². The van der Waals surface area contributed by atoms with Crippen molar-refractivity contribution in [3.63, 3.8) is 0 Å². The van der Waals surface area contributed by atoms with Gasteiger partial charge in [0.1, 0.15) is 6.54 Å². The van der Waals surface area contributed by atoms with Gasteiger partial charge in [-0.05, 0) is 36.8 Å². The van der Waals surface area contributed by atoms with Gasteiger partial charge < -0.3 is 4.74 Å². The number of halogens is 2. The van der Waals surface area contributed by atoms with E-state index in [2.05, 4.69) is 4.74 Å². The molecule has 2 aromatic carbocycles. The third-order valence-corrected chi connectivity index (χ3v) is 5.86. The third kappa shape index (κ3) is 3.83. The minimum absolute atomic E-state index is 0.0657. The van der Waals surface area contributed by atoms with Crippen molar-refractivity contribution in [1.82, 2.24) is 0 Å². The van der Waals surface area contributed by atoms with Gasteiger partial charge in [-0.15, -0.1) is 0 Å². The lowest BCUT2D eigenvalue weighted by atomic mass is 10.2. The van der Waals surface area contributed by atoms with Crippen molar-refractivity contribution in [3.05, 3.63) is 58.1 Å². The van der Waals surface area contributed by atoms with Gasteiger partial charge in [0.2, 0.25) is 0 Å². The lowest BCUT2D eigenvalue weighted by molar-refractivity contribution is -0.138. The lowest BCUT2D eigenvalue weighted by Gasteiger charge is -2.25. The number of hydrogen-bond acceptors (Lipinski definition) is 4. The van der Waals surface area contributed by atoms with Gasteiger partial charge in [-0.3, -0.25) is 9.10 Å². The first-order chi connectivity index (χ1) is 11.3. The molecule has 8 heteroatoms. The second kappa shape index (κ2) is 7.42. The number of nitrogens with zero attached hydrogens (tertiary/aromatic N) is 1. The van der Waals surface area contributed by atoms with Gasteiger partial charge in [0.15, 0.2) is 0 Å². The summed E-state index contributed by atoms with van der Waals surface area (Å²) in [6.45, 7) is 1.30. The number of para-hydroxylation sites is 1. The quantitative estimate of drug-likeness (QED) is 0.734. The maximum Gasteiger partial charge on any atom is 0.326 e. The number of anilines is 1. The standard InChI is InChI=1S/C16H15Cl2NO4S/c1-11-5-3-4-6-15(11)19(10-16(20)23-2)24(21,22)12-7-8-13(17)14(18)9-12/h3-9H,10H2,1-2H3. The smallest absolute Gasteiger partial charge is 0.326 e. The van der Waals surface area contributed by atoms with E-state index < -0.39 is 22.5 Å². The molecular weight excluding hydrogens is 373 g/mol. The van der Waals surface area contributed by atoms with Crippen LogP contribution < -0.4 is 4.31 Å². The Bertz CT molecular complexity index is 868. The molecule has 0 spiro atoms. The highest BCUT2D eigenvalue weighted by Crippen LogP contribution is 2.30. The van der Waals surface area contributed by atoms with Gasteiger partial charge in [-0.1, -0.05) is 41.4 Å². The van der Waals surface area contributed by atoms with Crippen LogP contribution in [0.2, 0.25) is 10.0 Å². The second-order valence-corrected chi connectivity index (χ2v) is 7.63. The average molecular weight is 388 g/mol. The molecule has 0 fully saturated rings. The van der Waals surface area contributed by atoms with Crippen LogP contribution >= 0.6 is 23.2 Å². The summed E-state index contributed by atoms with van der Waals surface area (Å²) in [7, 11) is -2.83. The first-order valence-electron chi connectivity index (χ1n) is 6.87. The number of rotatable bonds is 5. The van der Waals surface area contributed by atoms with Crippen molar-refractivity contribution < 1.29 is 17.9 Å². The summed E-state index contributed by atoms with van der Waals surface area (Å²) in [5.41, 5.74) is 1.08. The molecule has 0 aliphatic rings. The summed E-state index contributed by atoms with van der Waals surface area (Å²) in [6, 6.07) is 10.8. The van der Waals surface area contributed by atoms with E-state index in [1.54, 1.807) is 31.2 Å². The summed E-state index contributed by atoms with van der Waals surface area (Å²) >= 11 is 11.8. The number of aryl methyl sites for hydroxylation is 1. The maximum absolute atomic E-state index is 13.0. The van der Waals surface area contributed by atoms with Crippen molar-refractivity contribution in [2.24, 2.45) is 0 Å². The predicted octanol–water partition coefficient (Wildman–Crippen LogP) is 3.67. The highest BCUT2D eigenvalue weighted by Gasteiger charge is 2.29. The van der Waals surface area contributed by atoms with E-state index in [1.807, 2.05) is 0 Å². The Hall–Kier alpha value is -1.76. The topological polar surface area (TPSA) is 63.7 Å². The fourth-order valence-electron chi connectivity index (χ4n) is 2.09. The van der Waals surface area contributed by atoms with Gasteiger partial charge in [0.25, 0.3) is 10.0 Å². The zero-order valence-corrected chi connectivity index (χ0v) is 15.3. The Balaban J connectivity index is 2.59. The molecule has 0 unspecified atom stereocenters.